The van der Waals surface area contributed by atoms with Crippen LogP contribution in [0, 0.1) is 0 Å². The number of urea groups is 1. The van der Waals surface area contributed by atoms with E-state index in [4.69, 9.17) is 0 Å². The molecule has 0 aliphatic heterocycles. The number of aromatic nitrogens is 3. The molecule has 0 aliphatic rings. The van der Waals surface area contributed by atoms with E-state index >= 15 is 0 Å². The van der Waals surface area contributed by atoms with E-state index in [1.165, 1.54) is 18.7 Å². The van der Waals surface area contributed by atoms with Crippen LogP contribution in [0.3, 0.4) is 0 Å². The Labute approximate surface area is 171 Å². The van der Waals surface area contributed by atoms with Crippen LogP contribution < -0.4 is 10.6 Å². The molecule has 6 nitrogen and oxygen atoms in total. The van der Waals surface area contributed by atoms with E-state index in [1.807, 2.05) is 0 Å². The van der Waals surface area contributed by atoms with E-state index in [-0.39, 0.29) is 11.3 Å². The quantitative estimate of drug-likeness (QED) is 0.569. The summed E-state index contributed by atoms with van der Waals surface area (Å²) >= 11 is 0. The lowest BCUT2D eigenvalue weighted by Crippen LogP contribution is -2.35. The predicted molar refractivity (Wildman–Crippen MR) is 96.7 cm³/mol. The highest BCUT2D eigenvalue weighted by Crippen LogP contribution is 2.36. The van der Waals surface area contributed by atoms with Gasteiger partial charge in [-0.15, -0.1) is 0 Å². The number of nitrogens with zero attached hydrogens (tertiary/aromatic N) is 3. The average molecular weight is 441 g/mol. The van der Waals surface area contributed by atoms with Gasteiger partial charge >= 0.3 is 18.4 Å². The van der Waals surface area contributed by atoms with Crippen molar-refractivity contribution in [3.05, 3.63) is 83.7 Å². The zero-order valence-corrected chi connectivity index (χ0v) is 15.4. The summed E-state index contributed by atoms with van der Waals surface area (Å²) in [6, 6.07) is 2.79. The van der Waals surface area contributed by atoms with Crippen molar-refractivity contribution in [1.29, 1.82) is 0 Å². The Kier molecular flexibility index (Phi) is 6.09. The van der Waals surface area contributed by atoms with Gasteiger partial charge in [-0.25, -0.2) is 14.8 Å². The van der Waals surface area contributed by atoms with E-state index in [1.54, 1.807) is 0 Å². The molecule has 2 heterocycles. The van der Waals surface area contributed by atoms with Crippen molar-refractivity contribution >= 4 is 11.7 Å². The molecule has 0 aliphatic carbocycles. The number of nitrogens with one attached hydrogen (secondary N) is 2. The Bertz CT molecular complexity index is 1040. The molecule has 0 saturated heterocycles. The number of alkyl halides is 6. The Morgan fingerprint density at radius 2 is 1.55 bits per heavy atom. The Morgan fingerprint density at radius 1 is 0.903 bits per heavy atom. The molecule has 1 aromatic carbocycles. The molecule has 0 bridgehead atoms. The molecular weight excluding hydrogens is 428 g/mol. The molecule has 0 saturated carbocycles. The average Bonchev–Trinajstić information content (AvgIpc) is 2.72. The lowest BCUT2D eigenvalue weighted by Gasteiger charge is -2.23. The molecule has 12 heteroatoms. The largest absolute Gasteiger partial charge is 0.418 e. The standard InChI is InChI=1S/C19H13F6N5O/c20-18(21,22)12-5-3-11(4-6-12)15(16-14(19(23,24)25)2-1-7-28-16)30-17(31)29-13-8-26-10-27-9-13/h1-10,15H,(H2,29,30,31). The van der Waals surface area contributed by atoms with E-state index in [0.717, 1.165) is 30.5 Å². The fraction of sp³-hybridized carbons (Fsp3) is 0.158. The summed E-state index contributed by atoms with van der Waals surface area (Å²) in [6.07, 6.45) is -4.64. The molecule has 0 fully saturated rings. The molecule has 0 spiro atoms. The summed E-state index contributed by atoms with van der Waals surface area (Å²) in [7, 11) is 0. The number of halogens is 6. The van der Waals surface area contributed by atoms with Crippen LogP contribution in [0.4, 0.5) is 36.8 Å². The highest BCUT2D eigenvalue weighted by atomic mass is 19.4. The number of rotatable bonds is 4. The molecule has 3 rings (SSSR count). The summed E-state index contributed by atoms with van der Waals surface area (Å²) in [4.78, 5) is 23.5. The van der Waals surface area contributed by atoms with Crippen molar-refractivity contribution in [2.75, 3.05) is 5.32 Å². The van der Waals surface area contributed by atoms with Crippen molar-refractivity contribution in [3.63, 3.8) is 0 Å². The van der Waals surface area contributed by atoms with Gasteiger partial charge in [0.05, 0.1) is 40.9 Å². The van der Waals surface area contributed by atoms with E-state index in [0.29, 0.717) is 12.1 Å². The summed E-state index contributed by atoms with van der Waals surface area (Å²) in [5, 5.41) is 4.66. The minimum Gasteiger partial charge on any atom is -0.325 e. The number of pyridine rings is 1. The van der Waals surface area contributed by atoms with Gasteiger partial charge in [0, 0.05) is 6.20 Å². The molecule has 3 aromatic rings. The smallest absolute Gasteiger partial charge is 0.325 e. The summed E-state index contributed by atoms with van der Waals surface area (Å²) < 4.78 is 79.1. The van der Waals surface area contributed by atoms with Gasteiger partial charge in [-0.05, 0) is 29.8 Å². The molecule has 1 unspecified atom stereocenters. The van der Waals surface area contributed by atoms with Crippen molar-refractivity contribution in [2.45, 2.75) is 18.4 Å². The molecule has 2 N–H and O–H groups in total. The normalized spacial score (nSPS) is 12.8. The van der Waals surface area contributed by atoms with Gasteiger partial charge in [-0.1, -0.05) is 12.1 Å². The Morgan fingerprint density at radius 3 is 2.13 bits per heavy atom. The lowest BCUT2D eigenvalue weighted by atomic mass is 9.98. The predicted octanol–water partition coefficient (Wildman–Crippen LogP) is 4.82. The van der Waals surface area contributed by atoms with Crippen molar-refractivity contribution in [1.82, 2.24) is 20.3 Å². The summed E-state index contributed by atoms with van der Waals surface area (Å²) in [5.74, 6) is 0. The fourth-order valence-electron chi connectivity index (χ4n) is 2.72. The highest BCUT2D eigenvalue weighted by molar-refractivity contribution is 5.89. The summed E-state index contributed by atoms with van der Waals surface area (Å²) in [5.41, 5.74) is -2.57. The van der Waals surface area contributed by atoms with Crippen molar-refractivity contribution in [2.24, 2.45) is 0 Å². The Balaban J connectivity index is 2.00. The van der Waals surface area contributed by atoms with Gasteiger partial charge in [0.25, 0.3) is 0 Å². The van der Waals surface area contributed by atoms with Gasteiger partial charge < -0.3 is 10.6 Å². The van der Waals surface area contributed by atoms with Crippen LogP contribution in [0.15, 0.2) is 61.3 Å². The second-order valence-corrected chi connectivity index (χ2v) is 6.21. The topological polar surface area (TPSA) is 79.8 Å². The van der Waals surface area contributed by atoms with E-state index in [2.05, 4.69) is 25.6 Å². The van der Waals surface area contributed by atoms with Crippen LogP contribution >= 0.6 is 0 Å². The molecule has 2 aromatic heterocycles. The monoisotopic (exact) mass is 441 g/mol. The van der Waals surface area contributed by atoms with Gasteiger partial charge in [0.2, 0.25) is 0 Å². The number of benzene rings is 1. The second kappa shape index (κ2) is 8.58. The first-order valence-corrected chi connectivity index (χ1v) is 8.57. The van der Waals surface area contributed by atoms with E-state index < -0.39 is 41.2 Å². The SMILES string of the molecule is O=C(Nc1cncnc1)NC(c1ccc(C(F)(F)F)cc1)c1ncccc1C(F)(F)F. The van der Waals surface area contributed by atoms with Crippen LogP contribution in [0.5, 0.6) is 0 Å². The first kappa shape index (κ1) is 22.0. The third-order valence-corrected chi connectivity index (χ3v) is 4.08. The highest BCUT2D eigenvalue weighted by Gasteiger charge is 2.37. The van der Waals surface area contributed by atoms with Crippen LogP contribution in [0.25, 0.3) is 0 Å². The van der Waals surface area contributed by atoms with E-state index in [9.17, 15) is 31.1 Å². The number of carbonyl (C=O) groups is 1. The third kappa shape index (κ3) is 5.47. The van der Waals surface area contributed by atoms with Crippen molar-refractivity contribution < 1.29 is 31.1 Å². The van der Waals surface area contributed by atoms with Gasteiger partial charge in [0.15, 0.2) is 0 Å². The van der Waals surface area contributed by atoms with Crippen LogP contribution in [-0.2, 0) is 12.4 Å². The second-order valence-electron chi connectivity index (χ2n) is 6.21. The maximum absolute atomic E-state index is 13.5. The zero-order chi connectivity index (χ0) is 22.6. The van der Waals surface area contributed by atoms with Crippen LogP contribution in [-0.4, -0.2) is 21.0 Å². The Hall–Kier alpha value is -3.70. The zero-order valence-electron chi connectivity index (χ0n) is 15.4. The van der Waals surface area contributed by atoms with Crippen molar-refractivity contribution in [3.8, 4) is 0 Å². The number of hydrogen-bond acceptors (Lipinski definition) is 4. The molecular formula is C19H13F6N5O. The lowest BCUT2D eigenvalue weighted by molar-refractivity contribution is -0.139. The molecule has 2 amide bonds. The number of hydrogen-bond donors (Lipinski definition) is 2. The molecule has 0 radical (unpaired) electrons. The van der Waals surface area contributed by atoms with Gasteiger partial charge in [-0.2, -0.15) is 26.3 Å². The minimum atomic E-state index is -4.81. The van der Waals surface area contributed by atoms with Gasteiger partial charge in [0.1, 0.15) is 6.33 Å². The number of anilines is 1. The number of carbonyl (C=O) groups excluding carboxylic acids is 1. The first-order valence-electron chi connectivity index (χ1n) is 8.57. The molecule has 31 heavy (non-hydrogen) atoms. The first-order chi connectivity index (χ1) is 14.6. The molecule has 162 valence electrons. The maximum atomic E-state index is 13.5. The maximum Gasteiger partial charge on any atom is 0.418 e. The van der Waals surface area contributed by atoms with Crippen LogP contribution in [0.1, 0.15) is 28.4 Å². The summed E-state index contributed by atoms with van der Waals surface area (Å²) in [6.45, 7) is 0. The van der Waals surface area contributed by atoms with Crippen LogP contribution in [0.2, 0.25) is 0 Å². The molecule has 1 atom stereocenters. The number of amides is 2. The minimum absolute atomic E-state index is 0.0309. The third-order valence-electron chi connectivity index (χ3n) is 4.08. The fourth-order valence-corrected chi connectivity index (χ4v) is 2.72. The van der Waals surface area contributed by atoms with Gasteiger partial charge in [-0.3, -0.25) is 4.98 Å².